The minimum absolute atomic E-state index is 0.435. The summed E-state index contributed by atoms with van der Waals surface area (Å²) in [5.74, 6) is 0. The number of hydrogen-bond donors (Lipinski definition) is 1. The summed E-state index contributed by atoms with van der Waals surface area (Å²) in [4.78, 5) is 9.18. The monoisotopic (exact) mass is 317 g/mol. The molecule has 3 aromatic rings. The lowest BCUT2D eigenvalue weighted by molar-refractivity contribution is 0.546. The fourth-order valence-corrected chi connectivity index (χ4v) is 4.05. The highest BCUT2D eigenvalue weighted by atomic mass is 32.1. The lowest BCUT2D eigenvalue weighted by Crippen LogP contribution is -2.30. The Morgan fingerprint density at radius 3 is 2.86 bits per heavy atom. The standard InChI is InChI=1S/C16H19N3S2/c1-11(17-8-7-13-10-20-12(2)18-13)9-16-19-14-5-3-4-6-15(14)21-16/h3-6,10-11,17H,7-9H2,1-2H3. The molecular weight excluding hydrogens is 298 g/mol. The van der Waals surface area contributed by atoms with Gasteiger partial charge in [0, 0.05) is 30.8 Å². The third-order valence-electron chi connectivity index (χ3n) is 3.36. The first-order valence-corrected chi connectivity index (χ1v) is 8.89. The molecule has 21 heavy (non-hydrogen) atoms. The van der Waals surface area contributed by atoms with Gasteiger partial charge in [0.05, 0.1) is 25.9 Å². The lowest BCUT2D eigenvalue weighted by atomic mass is 10.2. The summed E-state index contributed by atoms with van der Waals surface area (Å²) >= 11 is 3.52. The summed E-state index contributed by atoms with van der Waals surface area (Å²) in [6.07, 6.45) is 1.98. The quantitative estimate of drug-likeness (QED) is 0.751. The number of para-hydroxylation sites is 1. The molecule has 0 spiro atoms. The zero-order valence-electron chi connectivity index (χ0n) is 12.3. The average Bonchev–Trinajstić information content (AvgIpc) is 3.04. The Bertz CT molecular complexity index is 684. The fraction of sp³-hybridized carbons (Fsp3) is 0.375. The van der Waals surface area contributed by atoms with Gasteiger partial charge >= 0.3 is 0 Å². The normalized spacial score (nSPS) is 12.9. The van der Waals surface area contributed by atoms with Crippen molar-refractivity contribution < 1.29 is 0 Å². The smallest absolute Gasteiger partial charge is 0.0954 e. The number of rotatable bonds is 6. The molecule has 5 heteroatoms. The van der Waals surface area contributed by atoms with Gasteiger partial charge < -0.3 is 5.32 Å². The van der Waals surface area contributed by atoms with Crippen molar-refractivity contribution in [3.05, 3.63) is 45.4 Å². The van der Waals surface area contributed by atoms with Gasteiger partial charge in [-0.1, -0.05) is 12.1 Å². The van der Waals surface area contributed by atoms with Gasteiger partial charge in [-0.3, -0.25) is 0 Å². The number of aryl methyl sites for hydroxylation is 1. The Balaban J connectivity index is 1.50. The molecule has 0 saturated heterocycles. The maximum absolute atomic E-state index is 4.69. The van der Waals surface area contributed by atoms with Gasteiger partial charge in [0.25, 0.3) is 0 Å². The van der Waals surface area contributed by atoms with Gasteiger partial charge in [0.2, 0.25) is 0 Å². The first kappa shape index (κ1) is 14.6. The van der Waals surface area contributed by atoms with Crippen molar-refractivity contribution in [2.24, 2.45) is 0 Å². The van der Waals surface area contributed by atoms with E-state index in [1.54, 1.807) is 22.7 Å². The van der Waals surface area contributed by atoms with Crippen LogP contribution in [0.15, 0.2) is 29.6 Å². The summed E-state index contributed by atoms with van der Waals surface area (Å²) in [5, 5.41) is 8.07. The minimum Gasteiger partial charge on any atom is -0.313 e. The molecule has 2 heterocycles. The molecule has 0 aliphatic rings. The predicted octanol–water partition coefficient (Wildman–Crippen LogP) is 3.82. The molecule has 3 rings (SSSR count). The lowest BCUT2D eigenvalue weighted by Gasteiger charge is -2.11. The molecule has 0 saturated carbocycles. The largest absolute Gasteiger partial charge is 0.313 e. The highest BCUT2D eigenvalue weighted by Gasteiger charge is 2.08. The van der Waals surface area contributed by atoms with Crippen molar-refractivity contribution in [2.75, 3.05) is 6.54 Å². The number of fused-ring (bicyclic) bond motifs is 1. The van der Waals surface area contributed by atoms with Crippen LogP contribution >= 0.6 is 22.7 Å². The van der Waals surface area contributed by atoms with Crippen molar-refractivity contribution in [3.63, 3.8) is 0 Å². The summed E-state index contributed by atoms with van der Waals surface area (Å²) in [5.41, 5.74) is 2.31. The second-order valence-electron chi connectivity index (χ2n) is 5.24. The van der Waals surface area contributed by atoms with E-state index in [1.807, 2.05) is 6.07 Å². The zero-order chi connectivity index (χ0) is 14.7. The molecule has 0 amide bonds. The highest BCUT2D eigenvalue weighted by Crippen LogP contribution is 2.22. The minimum atomic E-state index is 0.435. The Morgan fingerprint density at radius 2 is 2.10 bits per heavy atom. The number of aromatic nitrogens is 2. The van der Waals surface area contributed by atoms with Crippen molar-refractivity contribution in [3.8, 4) is 0 Å². The number of hydrogen-bond acceptors (Lipinski definition) is 5. The van der Waals surface area contributed by atoms with Crippen molar-refractivity contribution in [1.29, 1.82) is 0 Å². The van der Waals surface area contributed by atoms with Crippen LogP contribution in [-0.4, -0.2) is 22.6 Å². The second-order valence-corrected chi connectivity index (χ2v) is 7.42. The van der Waals surface area contributed by atoms with Gasteiger partial charge in [0.1, 0.15) is 0 Å². The Morgan fingerprint density at radius 1 is 1.24 bits per heavy atom. The second kappa shape index (κ2) is 6.64. The van der Waals surface area contributed by atoms with E-state index in [0.717, 1.165) is 29.9 Å². The van der Waals surface area contributed by atoms with E-state index in [9.17, 15) is 0 Å². The van der Waals surface area contributed by atoms with Gasteiger partial charge in [-0.25, -0.2) is 9.97 Å². The van der Waals surface area contributed by atoms with Crippen LogP contribution in [0, 0.1) is 6.92 Å². The van der Waals surface area contributed by atoms with Crippen molar-refractivity contribution in [2.45, 2.75) is 32.7 Å². The van der Waals surface area contributed by atoms with Crippen LogP contribution in [0.2, 0.25) is 0 Å². The number of benzene rings is 1. The Labute approximate surface area is 133 Å². The van der Waals surface area contributed by atoms with Crippen molar-refractivity contribution >= 4 is 32.9 Å². The maximum Gasteiger partial charge on any atom is 0.0954 e. The Kier molecular flexibility index (Phi) is 4.63. The van der Waals surface area contributed by atoms with E-state index in [4.69, 9.17) is 4.98 Å². The molecule has 3 nitrogen and oxygen atoms in total. The van der Waals surface area contributed by atoms with Crippen LogP contribution < -0.4 is 5.32 Å². The molecule has 0 aliphatic heterocycles. The van der Waals surface area contributed by atoms with Crippen LogP contribution in [0.1, 0.15) is 22.6 Å². The van der Waals surface area contributed by atoms with E-state index in [-0.39, 0.29) is 0 Å². The van der Waals surface area contributed by atoms with E-state index < -0.39 is 0 Å². The van der Waals surface area contributed by atoms with E-state index in [0.29, 0.717) is 6.04 Å². The van der Waals surface area contributed by atoms with Gasteiger partial charge in [0.15, 0.2) is 0 Å². The molecule has 1 N–H and O–H groups in total. The molecule has 0 bridgehead atoms. The average molecular weight is 317 g/mol. The molecule has 1 atom stereocenters. The predicted molar refractivity (Wildman–Crippen MR) is 91.3 cm³/mol. The van der Waals surface area contributed by atoms with Gasteiger partial charge in [-0.15, -0.1) is 22.7 Å². The molecule has 110 valence electrons. The summed E-state index contributed by atoms with van der Waals surface area (Å²) in [6.45, 7) is 5.24. The molecule has 0 aliphatic carbocycles. The third kappa shape index (κ3) is 3.87. The fourth-order valence-electron chi connectivity index (χ4n) is 2.31. The summed E-state index contributed by atoms with van der Waals surface area (Å²) < 4.78 is 1.28. The van der Waals surface area contributed by atoms with E-state index >= 15 is 0 Å². The van der Waals surface area contributed by atoms with Crippen LogP contribution in [0.5, 0.6) is 0 Å². The summed E-state index contributed by atoms with van der Waals surface area (Å²) in [6, 6.07) is 8.77. The third-order valence-corrected chi connectivity index (χ3v) is 5.24. The molecule has 1 aromatic carbocycles. The first-order chi connectivity index (χ1) is 10.2. The number of nitrogens with one attached hydrogen (secondary N) is 1. The van der Waals surface area contributed by atoms with Crippen LogP contribution in [0.3, 0.4) is 0 Å². The number of thiazole rings is 2. The van der Waals surface area contributed by atoms with Crippen LogP contribution in [0.25, 0.3) is 10.2 Å². The first-order valence-electron chi connectivity index (χ1n) is 7.19. The maximum atomic E-state index is 4.69. The van der Waals surface area contributed by atoms with Gasteiger partial charge in [-0.05, 0) is 26.0 Å². The Hall–Kier alpha value is -1.30. The van der Waals surface area contributed by atoms with Crippen LogP contribution in [-0.2, 0) is 12.8 Å². The van der Waals surface area contributed by atoms with Crippen LogP contribution in [0.4, 0.5) is 0 Å². The highest BCUT2D eigenvalue weighted by molar-refractivity contribution is 7.18. The number of nitrogens with zero attached hydrogens (tertiary/aromatic N) is 2. The van der Waals surface area contributed by atoms with E-state index in [2.05, 4.69) is 47.7 Å². The topological polar surface area (TPSA) is 37.8 Å². The molecule has 1 unspecified atom stereocenters. The van der Waals surface area contributed by atoms with E-state index in [1.165, 1.54) is 15.4 Å². The molecule has 0 fully saturated rings. The molecular formula is C16H19N3S2. The zero-order valence-corrected chi connectivity index (χ0v) is 13.9. The molecule has 0 radical (unpaired) electrons. The molecule has 2 aromatic heterocycles. The SMILES string of the molecule is Cc1nc(CCNC(C)Cc2nc3ccccc3s2)cs1. The summed E-state index contributed by atoms with van der Waals surface area (Å²) in [7, 11) is 0. The van der Waals surface area contributed by atoms with Crippen molar-refractivity contribution in [1.82, 2.24) is 15.3 Å². The van der Waals surface area contributed by atoms with Gasteiger partial charge in [-0.2, -0.15) is 0 Å².